The van der Waals surface area contributed by atoms with Crippen LogP contribution in [0.5, 0.6) is 11.5 Å². The summed E-state index contributed by atoms with van der Waals surface area (Å²) < 4.78 is 12.7. The number of aryl methyl sites for hydroxylation is 2. The molecule has 43 heavy (non-hydrogen) atoms. The number of thiazole rings is 1. The van der Waals surface area contributed by atoms with Crippen molar-refractivity contribution >= 4 is 44.1 Å². The Hall–Kier alpha value is -4.17. The molecule has 1 aliphatic rings. The molecule has 1 atom stereocenters. The Bertz CT molecular complexity index is 1660. The third-order valence-electron chi connectivity index (χ3n) is 7.56. The van der Waals surface area contributed by atoms with Gasteiger partial charge in [0.1, 0.15) is 17.3 Å². The minimum absolute atomic E-state index is 0.0134. The topological polar surface area (TPSA) is 89.0 Å². The minimum atomic E-state index is -0.874. The van der Waals surface area contributed by atoms with Crippen LogP contribution in [0.2, 0.25) is 0 Å². The average Bonchev–Trinajstić information content (AvgIpc) is 3.54. The van der Waals surface area contributed by atoms with Gasteiger partial charge in [0.25, 0.3) is 5.78 Å². The number of hydrogen-bond donors (Lipinski definition) is 1. The Morgan fingerprint density at radius 1 is 0.907 bits per heavy atom. The maximum absolute atomic E-state index is 13.7. The minimum Gasteiger partial charge on any atom is -0.507 e. The van der Waals surface area contributed by atoms with Gasteiger partial charge in [-0.25, -0.2) is 4.98 Å². The number of ketones is 1. The molecule has 0 spiro atoms. The zero-order valence-corrected chi connectivity index (χ0v) is 26.0. The molecule has 0 saturated carbocycles. The molecule has 1 aromatic heterocycles. The van der Waals surface area contributed by atoms with E-state index in [9.17, 15) is 14.7 Å². The number of aliphatic hydroxyl groups is 1. The lowest BCUT2D eigenvalue weighted by atomic mass is 9.95. The third-order valence-corrected chi connectivity index (χ3v) is 8.56. The van der Waals surface area contributed by atoms with Gasteiger partial charge in [0.05, 0.1) is 35.0 Å². The van der Waals surface area contributed by atoms with Crippen LogP contribution in [-0.2, 0) is 9.59 Å². The Kier molecular flexibility index (Phi) is 9.46. The summed E-state index contributed by atoms with van der Waals surface area (Å²) in [5, 5.41) is 12.0. The molecule has 1 N–H and O–H groups in total. The molecule has 0 radical (unpaired) electrons. The molecule has 5 rings (SSSR count). The summed E-state index contributed by atoms with van der Waals surface area (Å²) in [5.41, 5.74) is 3.97. The van der Waals surface area contributed by atoms with Crippen molar-refractivity contribution in [2.45, 2.75) is 65.8 Å². The maximum Gasteiger partial charge on any atom is 0.301 e. The van der Waals surface area contributed by atoms with Crippen LogP contribution in [0.1, 0.15) is 74.2 Å². The quantitative estimate of drug-likeness (QED) is 0.0764. The Balaban J connectivity index is 1.59. The van der Waals surface area contributed by atoms with E-state index in [1.165, 1.54) is 16.2 Å². The molecule has 224 valence electrons. The molecule has 1 fully saturated rings. The molecule has 1 saturated heterocycles. The predicted molar refractivity (Wildman–Crippen MR) is 172 cm³/mol. The van der Waals surface area contributed by atoms with Crippen LogP contribution in [-0.4, -0.2) is 35.0 Å². The fraction of sp³-hybridized carbons (Fsp3) is 0.343. The molecule has 7 nitrogen and oxygen atoms in total. The number of anilines is 1. The summed E-state index contributed by atoms with van der Waals surface area (Å²) in [6.07, 6.45) is 5.07. The number of carbonyl (C=O) groups is 2. The Morgan fingerprint density at radius 3 is 2.37 bits per heavy atom. The van der Waals surface area contributed by atoms with Crippen molar-refractivity contribution in [3.05, 3.63) is 88.5 Å². The number of ether oxygens (including phenoxy) is 2. The molecule has 0 bridgehead atoms. The van der Waals surface area contributed by atoms with Gasteiger partial charge in [-0.3, -0.25) is 14.5 Å². The molecular weight excluding hydrogens is 560 g/mol. The summed E-state index contributed by atoms with van der Waals surface area (Å²) in [5.74, 6) is -0.438. The number of carbonyl (C=O) groups excluding carboxylic acids is 2. The van der Waals surface area contributed by atoms with E-state index in [1.807, 2.05) is 56.3 Å². The number of aliphatic hydroxyl groups excluding tert-OH is 1. The van der Waals surface area contributed by atoms with Crippen LogP contribution < -0.4 is 14.4 Å². The zero-order valence-electron chi connectivity index (χ0n) is 25.2. The van der Waals surface area contributed by atoms with Crippen LogP contribution in [0.15, 0.2) is 66.2 Å². The Labute approximate surface area is 256 Å². The van der Waals surface area contributed by atoms with Gasteiger partial charge in [-0.15, -0.1) is 0 Å². The molecule has 4 aromatic rings. The van der Waals surface area contributed by atoms with Gasteiger partial charge in [-0.05, 0) is 73.7 Å². The molecule has 8 heteroatoms. The van der Waals surface area contributed by atoms with E-state index in [1.54, 1.807) is 18.2 Å². The Morgan fingerprint density at radius 2 is 1.63 bits per heavy atom. The van der Waals surface area contributed by atoms with E-state index >= 15 is 0 Å². The zero-order chi connectivity index (χ0) is 30.5. The van der Waals surface area contributed by atoms with E-state index < -0.39 is 17.7 Å². The second kappa shape index (κ2) is 13.4. The largest absolute Gasteiger partial charge is 0.507 e. The third kappa shape index (κ3) is 6.44. The summed E-state index contributed by atoms with van der Waals surface area (Å²) >= 11 is 1.36. The first kappa shape index (κ1) is 30.3. The summed E-state index contributed by atoms with van der Waals surface area (Å²) in [7, 11) is 0. The normalized spacial score (nSPS) is 16.3. The van der Waals surface area contributed by atoms with Crippen molar-refractivity contribution in [3.8, 4) is 11.5 Å². The van der Waals surface area contributed by atoms with Crippen LogP contribution in [0.25, 0.3) is 16.0 Å². The predicted octanol–water partition coefficient (Wildman–Crippen LogP) is 8.29. The van der Waals surface area contributed by atoms with Gasteiger partial charge in [-0.1, -0.05) is 74.8 Å². The highest BCUT2D eigenvalue weighted by Crippen LogP contribution is 2.45. The molecule has 2 heterocycles. The second-order valence-corrected chi connectivity index (χ2v) is 12.0. The van der Waals surface area contributed by atoms with Crippen LogP contribution >= 0.6 is 11.3 Å². The van der Waals surface area contributed by atoms with Crippen molar-refractivity contribution in [2.75, 3.05) is 18.1 Å². The first-order valence-electron chi connectivity index (χ1n) is 15.0. The number of fused-ring (bicyclic) bond motifs is 1. The van der Waals surface area contributed by atoms with Crippen molar-refractivity contribution in [3.63, 3.8) is 0 Å². The van der Waals surface area contributed by atoms with E-state index in [-0.39, 0.29) is 11.3 Å². The number of benzene rings is 3. The van der Waals surface area contributed by atoms with Crippen molar-refractivity contribution < 1.29 is 24.2 Å². The standard InChI is InChI=1S/C35H38N2O5S/c1-5-7-9-18-41-26-15-13-24(14-16-26)31-29(32(38)25-11-10-12-27(21-25)42-17-8-6-2)33(39)34(40)37(31)35-36-30-23(4)19-22(3)20-28(30)43-35/h10-16,19-21,31,38H,5-9,17-18H2,1-4H3. The monoisotopic (exact) mass is 598 g/mol. The highest BCUT2D eigenvalue weighted by molar-refractivity contribution is 7.22. The van der Waals surface area contributed by atoms with Crippen molar-refractivity contribution in [1.82, 2.24) is 4.98 Å². The van der Waals surface area contributed by atoms with Gasteiger partial charge < -0.3 is 14.6 Å². The van der Waals surface area contributed by atoms with E-state index in [2.05, 4.69) is 13.8 Å². The highest BCUT2D eigenvalue weighted by atomic mass is 32.1. The summed E-state index contributed by atoms with van der Waals surface area (Å²) in [4.78, 5) is 33.7. The average molecular weight is 599 g/mol. The van der Waals surface area contributed by atoms with E-state index in [0.29, 0.717) is 41.0 Å². The molecule has 0 aliphatic carbocycles. The van der Waals surface area contributed by atoms with E-state index in [4.69, 9.17) is 14.5 Å². The van der Waals surface area contributed by atoms with Crippen LogP contribution in [0, 0.1) is 13.8 Å². The van der Waals surface area contributed by atoms with Gasteiger partial charge in [0.2, 0.25) is 0 Å². The van der Waals surface area contributed by atoms with Crippen molar-refractivity contribution in [1.29, 1.82) is 0 Å². The fourth-order valence-electron chi connectivity index (χ4n) is 5.32. The molecule has 1 amide bonds. The van der Waals surface area contributed by atoms with Gasteiger partial charge in [-0.2, -0.15) is 0 Å². The lowest BCUT2D eigenvalue weighted by molar-refractivity contribution is -0.132. The lowest BCUT2D eigenvalue weighted by Crippen LogP contribution is -2.29. The summed E-state index contributed by atoms with van der Waals surface area (Å²) in [6, 6.07) is 17.6. The maximum atomic E-state index is 13.7. The molecule has 3 aromatic carbocycles. The number of amides is 1. The van der Waals surface area contributed by atoms with Gasteiger partial charge in [0, 0.05) is 5.56 Å². The molecule has 1 unspecified atom stereocenters. The number of rotatable bonds is 12. The SMILES string of the molecule is CCCCCOc1ccc(C2C(=C(O)c3cccc(OCCCC)c3)C(=O)C(=O)N2c2nc3c(C)cc(C)cc3s2)cc1. The number of aromatic nitrogens is 1. The first-order valence-corrected chi connectivity index (χ1v) is 15.8. The highest BCUT2D eigenvalue weighted by Gasteiger charge is 2.48. The number of nitrogens with zero attached hydrogens (tertiary/aromatic N) is 2. The smallest absolute Gasteiger partial charge is 0.301 e. The number of hydrogen-bond acceptors (Lipinski definition) is 7. The molecule has 1 aliphatic heterocycles. The second-order valence-electron chi connectivity index (χ2n) is 10.9. The van der Waals surface area contributed by atoms with E-state index in [0.717, 1.165) is 53.4 Å². The lowest BCUT2D eigenvalue weighted by Gasteiger charge is -2.23. The summed E-state index contributed by atoms with van der Waals surface area (Å²) in [6.45, 7) is 9.41. The fourth-order valence-corrected chi connectivity index (χ4v) is 6.49. The van der Waals surface area contributed by atoms with Crippen LogP contribution in [0.3, 0.4) is 0 Å². The number of unbranched alkanes of at least 4 members (excludes halogenated alkanes) is 3. The number of Topliss-reactive ketones (excluding diaryl/α,β-unsaturated/α-hetero) is 1. The first-order chi connectivity index (χ1) is 20.8. The van der Waals surface area contributed by atoms with Crippen LogP contribution in [0.4, 0.5) is 5.13 Å². The van der Waals surface area contributed by atoms with Crippen molar-refractivity contribution in [2.24, 2.45) is 0 Å². The van der Waals surface area contributed by atoms with Gasteiger partial charge in [0.15, 0.2) is 5.13 Å². The molecular formula is C35H38N2O5S. The van der Waals surface area contributed by atoms with Gasteiger partial charge >= 0.3 is 5.91 Å².